The molecule has 1 aromatic heterocycles. The number of thiazole rings is 1. The summed E-state index contributed by atoms with van der Waals surface area (Å²) in [6, 6.07) is 12.3. The van der Waals surface area contributed by atoms with E-state index in [9.17, 15) is 18.9 Å². The van der Waals surface area contributed by atoms with Gasteiger partial charge in [0.15, 0.2) is 0 Å². The molecule has 0 saturated heterocycles. The molecule has 0 spiro atoms. The molecule has 0 fully saturated rings. The van der Waals surface area contributed by atoms with E-state index in [0.717, 1.165) is 0 Å². The van der Waals surface area contributed by atoms with E-state index in [0.29, 0.717) is 21.6 Å². The van der Waals surface area contributed by atoms with E-state index in [-0.39, 0.29) is 11.4 Å². The van der Waals surface area contributed by atoms with Gasteiger partial charge in [-0.25, -0.2) is 4.68 Å². The van der Waals surface area contributed by atoms with Crippen LogP contribution in [0.4, 0.5) is 14.5 Å². The quantitative estimate of drug-likeness (QED) is 0.352. The van der Waals surface area contributed by atoms with Gasteiger partial charge in [0.1, 0.15) is 5.75 Å². The van der Waals surface area contributed by atoms with E-state index in [1.807, 2.05) is 5.38 Å². The molecular formula is C18H14F2N4O3S. The Bertz CT molecular complexity index is 1070. The lowest BCUT2D eigenvalue weighted by Crippen LogP contribution is -2.11. The number of hydrogen-bond acceptors (Lipinski definition) is 6. The molecular weight excluding hydrogens is 390 g/mol. The molecule has 2 aromatic carbocycles. The lowest BCUT2D eigenvalue weighted by Gasteiger charge is -2.06. The Balaban J connectivity index is 1.99. The van der Waals surface area contributed by atoms with Gasteiger partial charge in [0.25, 0.3) is 5.69 Å². The van der Waals surface area contributed by atoms with Gasteiger partial charge in [-0.3, -0.25) is 15.1 Å². The number of alkyl halides is 2. The highest BCUT2D eigenvalue weighted by Crippen LogP contribution is 2.24. The normalized spacial score (nSPS) is 12.1. The number of nitrogens with zero attached hydrogens (tertiary/aromatic N) is 4. The number of aromatic nitrogens is 1. The van der Waals surface area contributed by atoms with E-state index in [1.54, 1.807) is 37.4 Å². The van der Waals surface area contributed by atoms with Crippen molar-refractivity contribution in [3.05, 3.63) is 74.4 Å². The standard InChI is InChI=1S/C18H14F2N4O3S/c1-21-18-23(22-10-13-4-2-3-5-15(13)24(25)26)16(11-28-18)12-6-8-14(9-7-12)27-17(19)20/h2-11,17H,1H3. The third-order valence-corrected chi connectivity index (χ3v) is 4.61. The Labute approximate surface area is 162 Å². The van der Waals surface area contributed by atoms with Crippen molar-refractivity contribution in [2.75, 3.05) is 7.05 Å². The van der Waals surface area contributed by atoms with Gasteiger partial charge in [0.05, 0.1) is 22.4 Å². The Morgan fingerprint density at radius 1 is 1.21 bits per heavy atom. The van der Waals surface area contributed by atoms with Crippen LogP contribution >= 0.6 is 11.3 Å². The zero-order valence-corrected chi connectivity index (χ0v) is 15.3. The molecule has 0 aliphatic rings. The molecule has 0 aliphatic heterocycles. The smallest absolute Gasteiger partial charge is 0.387 e. The number of hydrogen-bond donors (Lipinski definition) is 0. The second kappa shape index (κ2) is 8.53. The fourth-order valence-electron chi connectivity index (χ4n) is 2.45. The van der Waals surface area contributed by atoms with Crippen LogP contribution in [0.2, 0.25) is 0 Å². The van der Waals surface area contributed by atoms with Gasteiger partial charge >= 0.3 is 6.61 Å². The minimum Gasteiger partial charge on any atom is -0.435 e. The fraction of sp³-hybridized carbons (Fsp3) is 0.111. The summed E-state index contributed by atoms with van der Waals surface area (Å²) in [6.07, 6.45) is 1.39. The number of nitro benzene ring substituents is 1. The van der Waals surface area contributed by atoms with Crippen molar-refractivity contribution in [1.82, 2.24) is 4.68 Å². The molecule has 3 aromatic rings. The summed E-state index contributed by atoms with van der Waals surface area (Å²) < 4.78 is 30.5. The lowest BCUT2D eigenvalue weighted by molar-refractivity contribution is -0.385. The van der Waals surface area contributed by atoms with Crippen LogP contribution < -0.4 is 9.54 Å². The van der Waals surface area contributed by atoms with Crippen molar-refractivity contribution in [1.29, 1.82) is 0 Å². The predicted octanol–water partition coefficient (Wildman–Crippen LogP) is 4.14. The number of para-hydroxylation sites is 1. The third-order valence-electron chi connectivity index (χ3n) is 3.70. The average molecular weight is 404 g/mol. The molecule has 1 heterocycles. The van der Waals surface area contributed by atoms with Crippen molar-refractivity contribution >= 4 is 23.2 Å². The summed E-state index contributed by atoms with van der Waals surface area (Å²) in [6.45, 7) is -2.89. The van der Waals surface area contributed by atoms with Gasteiger partial charge in [0.2, 0.25) is 4.80 Å². The maximum Gasteiger partial charge on any atom is 0.387 e. The maximum atomic E-state index is 12.3. The summed E-state index contributed by atoms with van der Waals surface area (Å²) in [4.78, 5) is 15.4. The van der Waals surface area contributed by atoms with Crippen LogP contribution in [0.15, 0.2) is 64.0 Å². The molecule has 10 heteroatoms. The van der Waals surface area contributed by atoms with Crippen LogP contribution in [0.25, 0.3) is 11.3 Å². The summed E-state index contributed by atoms with van der Waals surface area (Å²) in [5.41, 5.74) is 1.64. The molecule has 0 N–H and O–H groups in total. The van der Waals surface area contributed by atoms with E-state index in [2.05, 4.69) is 14.8 Å². The molecule has 0 saturated carbocycles. The highest BCUT2D eigenvalue weighted by atomic mass is 32.1. The maximum absolute atomic E-state index is 12.3. The monoisotopic (exact) mass is 404 g/mol. The van der Waals surface area contributed by atoms with Gasteiger partial charge in [-0.05, 0) is 30.3 Å². The Kier molecular flexibility index (Phi) is 5.90. The molecule has 144 valence electrons. The van der Waals surface area contributed by atoms with Crippen LogP contribution in [0.3, 0.4) is 0 Å². The summed E-state index contributed by atoms with van der Waals surface area (Å²) in [5, 5.41) is 17.3. The number of nitro groups is 1. The van der Waals surface area contributed by atoms with Crippen molar-refractivity contribution < 1.29 is 18.4 Å². The van der Waals surface area contributed by atoms with Crippen LogP contribution in [0, 0.1) is 10.1 Å². The van der Waals surface area contributed by atoms with E-state index >= 15 is 0 Å². The van der Waals surface area contributed by atoms with Gasteiger partial charge in [-0.2, -0.15) is 13.9 Å². The van der Waals surface area contributed by atoms with Crippen LogP contribution in [-0.2, 0) is 0 Å². The van der Waals surface area contributed by atoms with Crippen LogP contribution in [0.1, 0.15) is 5.56 Å². The number of halogens is 2. The Morgan fingerprint density at radius 2 is 1.93 bits per heavy atom. The van der Waals surface area contributed by atoms with Gasteiger partial charge in [-0.15, -0.1) is 11.3 Å². The summed E-state index contributed by atoms with van der Waals surface area (Å²) in [5.74, 6) is 0.0457. The van der Waals surface area contributed by atoms with Crippen molar-refractivity contribution in [2.24, 2.45) is 10.1 Å². The minimum atomic E-state index is -2.89. The SMILES string of the molecule is CN=c1scc(-c2ccc(OC(F)F)cc2)n1N=Cc1ccccc1[N+](=O)[O-]. The summed E-state index contributed by atoms with van der Waals surface area (Å²) >= 11 is 1.33. The van der Waals surface area contributed by atoms with E-state index in [1.165, 1.54) is 40.4 Å². The molecule has 28 heavy (non-hydrogen) atoms. The second-order valence-corrected chi connectivity index (χ2v) is 6.24. The zero-order chi connectivity index (χ0) is 20.1. The van der Waals surface area contributed by atoms with E-state index in [4.69, 9.17) is 0 Å². The molecule has 0 amide bonds. The first-order valence-corrected chi connectivity index (χ1v) is 8.84. The first-order valence-electron chi connectivity index (χ1n) is 7.96. The number of benzene rings is 2. The Morgan fingerprint density at radius 3 is 2.57 bits per heavy atom. The highest BCUT2D eigenvalue weighted by molar-refractivity contribution is 7.07. The third kappa shape index (κ3) is 4.29. The molecule has 0 radical (unpaired) electrons. The number of ether oxygens (including phenoxy) is 1. The fourth-order valence-corrected chi connectivity index (χ4v) is 3.25. The van der Waals surface area contributed by atoms with Gasteiger partial charge in [0, 0.05) is 24.1 Å². The topological polar surface area (TPSA) is 82.0 Å². The van der Waals surface area contributed by atoms with E-state index < -0.39 is 11.5 Å². The molecule has 0 atom stereocenters. The average Bonchev–Trinajstić information content (AvgIpc) is 3.09. The van der Waals surface area contributed by atoms with Crippen LogP contribution in [-0.4, -0.2) is 29.5 Å². The predicted molar refractivity (Wildman–Crippen MR) is 102 cm³/mol. The molecule has 0 aliphatic carbocycles. The lowest BCUT2D eigenvalue weighted by atomic mass is 10.2. The molecule has 0 bridgehead atoms. The molecule has 3 rings (SSSR count). The minimum absolute atomic E-state index is 0.0457. The zero-order valence-electron chi connectivity index (χ0n) is 14.5. The van der Waals surface area contributed by atoms with Crippen LogP contribution in [0.5, 0.6) is 5.75 Å². The molecule has 0 unspecified atom stereocenters. The van der Waals surface area contributed by atoms with Gasteiger partial charge in [-0.1, -0.05) is 12.1 Å². The van der Waals surface area contributed by atoms with Crippen molar-refractivity contribution in [3.63, 3.8) is 0 Å². The Hall–Kier alpha value is -3.40. The first-order chi connectivity index (χ1) is 13.5. The van der Waals surface area contributed by atoms with Crippen molar-refractivity contribution in [2.45, 2.75) is 6.61 Å². The summed E-state index contributed by atoms with van der Waals surface area (Å²) in [7, 11) is 1.60. The highest BCUT2D eigenvalue weighted by Gasteiger charge is 2.12. The van der Waals surface area contributed by atoms with Crippen molar-refractivity contribution in [3.8, 4) is 17.0 Å². The van der Waals surface area contributed by atoms with Gasteiger partial charge < -0.3 is 4.74 Å². The first kappa shape index (κ1) is 19.4. The largest absolute Gasteiger partial charge is 0.435 e. The molecule has 7 nitrogen and oxygen atoms in total. The number of rotatable bonds is 6. The second-order valence-electron chi connectivity index (χ2n) is 5.40.